The van der Waals surface area contributed by atoms with Crippen LogP contribution in [0.25, 0.3) is 0 Å². The maximum absolute atomic E-state index is 13.2. The van der Waals surface area contributed by atoms with E-state index in [1.807, 2.05) is 0 Å². The molecule has 0 bridgehead atoms. The molecule has 7 heteroatoms. The summed E-state index contributed by atoms with van der Waals surface area (Å²) >= 11 is 0. The third-order valence-electron chi connectivity index (χ3n) is 2.02. The quantitative estimate of drug-likeness (QED) is 0.629. The fourth-order valence-electron chi connectivity index (χ4n) is 1.16. The molecule has 0 aromatic heterocycles. The largest absolute Gasteiger partial charge is 0.365 e. The van der Waals surface area contributed by atoms with Gasteiger partial charge in [0.1, 0.15) is 11.5 Å². The Labute approximate surface area is 102 Å². The molecule has 0 saturated carbocycles. The van der Waals surface area contributed by atoms with Gasteiger partial charge in [-0.3, -0.25) is 5.32 Å². The Hall–Kier alpha value is -2.70. The van der Waals surface area contributed by atoms with Gasteiger partial charge >= 0.3 is 6.03 Å². The Bertz CT molecular complexity index is 591. The van der Waals surface area contributed by atoms with E-state index in [-0.39, 0.29) is 17.1 Å². The number of halogens is 1. The predicted molar refractivity (Wildman–Crippen MR) is 64.0 cm³/mol. The molecule has 1 heterocycles. The lowest BCUT2D eigenvalue weighted by Gasteiger charge is -2.06. The molecule has 2 amide bonds. The molecule has 1 aromatic carbocycles. The van der Waals surface area contributed by atoms with Gasteiger partial charge in [-0.25, -0.2) is 9.18 Å². The molecule has 18 heavy (non-hydrogen) atoms. The van der Waals surface area contributed by atoms with Crippen molar-refractivity contribution in [3.05, 3.63) is 47.9 Å². The molecule has 1 aliphatic heterocycles. The standard InChI is InChI=1S/C11H8FN5O/c1-7-10(14-11(18)17-15-7)16-13-6-8-4-2-3-5-9(8)12/h2-6H,1H2,(H,14,16,18)/b13-6+. The summed E-state index contributed by atoms with van der Waals surface area (Å²) in [6.07, 6.45) is 1.23. The third kappa shape index (κ3) is 2.70. The van der Waals surface area contributed by atoms with Gasteiger partial charge in [-0.1, -0.05) is 29.9 Å². The molecule has 0 fully saturated rings. The highest BCUT2D eigenvalue weighted by molar-refractivity contribution is 6.08. The summed E-state index contributed by atoms with van der Waals surface area (Å²) < 4.78 is 13.2. The second-order valence-corrected chi connectivity index (χ2v) is 3.29. The molecule has 0 saturated heterocycles. The van der Waals surface area contributed by atoms with Crippen LogP contribution in [0.4, 0.5) is 9.18 Å². The van der Waals surface area contributed by atoms with E-state index in [1.165, 1.54) is 12.3 Å². The van der Waals surface area contributed by atoms with Crippen LogP contribution in [-0.2, 0) is 0 Å². The second-order valence-electron chi connectivity index (χ2n) is 3.29. The molecular formula is C11H8FN5O. The summed E-state index contributed by atoms with van der Waals surface area (Å²) in [6.45, 7) is 3.52. The van der Waals surface area contributed by atoms with Crippen molar-refractivity contribution in [3.8, 4) is 0 Å². The summed E-state index contributed by atoms with van der Waals surface area (Å²) in [5, 5.41) is 16.4. The Morgan fingerprint density at radius 1 is 1.33 bits per heavy atom. The van der Waals surface area contributed by atoms with Crippen LogP contribution in [0.5, 0.6) is 0 Å². The van der Waals surface area contributed by atoms with Gasteiger partial charge in [0.2, 0.25) is 0 Å². The normalized spacial score (nSPS) is 17.5. The van der Waals surface area contributed by atoms with Crippen molar-refractivity contribution in [3.63, 3.8) is 0 Å². The molecule has 6 nitrogen and oxygen atoms in total. The topological polar surface area (TPSA) is 78.5 Å². The van der Waals surface area contributed by atoms with E-state index in [4.69, 9.17) is 0 Å². The third-order valence-corrected chi connectivity index (χ3v) is 2.02. The van der Waals surface area contributed by atoms with E-state index in [9.17, 15) is 9.18 Å². The first-order valence-electron chi connectivity index (χ1n) is 4.94. The van der Waals surface area contributed by atoms with Gasteiger partial charge in [-0.2, -0.15) is 5.10 Å². The number of nitrogens with one attached hydrogen (secondary N) is 1. The molecule has 0 atom stereocenters. The minimum Gasteiger partial charge on any atom is -0.286 e. The second kappa shape index (κ2) is 5.09. The van der Waals surface area contributed by atoms with E-state index in [0.717, 1.165) is 0 Å². The van der Waals surface area contributed by atoms with Crippen molar-refractivity contribution in [2.24, 2.45) is 20.4 Å². The highest BCUT2D eigenvalue weighted by atomic mass is 19.1. The van der Waals surface area contributed by atoms with Crippen molar-refractivity contribution >= 4 is 18.1 Å². The van der Waals surface area contributed by atoms with Crippen molar-refractivity contribution in [2.45, 2.75) is 0 Å². The molecule has 0 unspecified atom stereocenters. The number of amides is 2. The fourth-order valence-corrected chi connectivity index (χ4v) is 1.16. The number of rotatable bonds is 2. The van der Waals surface area contributed by atoms with Crippen LogP contribution < -0.4 is 5.32 Å². The lowest BCUT2D eigenvalue weighted by molar-refractivity contribution is 0.251. The Morgan fingerprint density at radius 2 is 2.11 bits per heavy atom. The molecule has 0 aliphatic carbocycles. The first-order valence-corrected chi connectivity index (χ1v) is 4.94. The molecule has 90 valence electrons. The molecule has 1 aromatic rings. The van der Waals surface area contributed by atoms with Gasteiger partial charge in [0.25, 0.3) is 0 Å². The van der Waals surface area contributed by atoms with Crippen LogP contribution in [0.2, 0.25) is 0 Å². The summed E-state index contributed by atoms with van der Waals surface area (Å²) in [4.78, 5) is 10.9. The Kier molecular flexibility index (Phi) is 3.33. The number of carbonyl (C=O) groups excluding carboxylic acids is 1. The number of azo groups is 1. The van der Waals surface area contributed by atoms with Gasteiger partial charge in [-0.05, 0) is 6.07 Å². The average molecular weight is 245 g/mol. The zero-order valence-electron chi connectivity index (χ0n) is 9.17. The van der Waals surface area contributed by atoms with Crippen LogP contribution in [0.1, 0.15) is 5.56 Å². The Morgan fingerprint density at radius 3 is 2.89 bits per heavy atom. The smallest absolute Gasteiger partial charge is 0.286 e. The van der Waals surface area contributed by atoms with E-state index < -0.39 is 11.8 Å². The first-order chi connectivity index (χ1) is 8.66. The minimum absolute atomic E-state index is 0.0857. The number of urea groups is 1. The zero-order chi connectivity index (χ0) is 13.0. The summed E-state index contributed by atoms with van der Waals surface area (Å²) in [7, 11) is 0. The van der Waals surface area contributed by atoms with Crippen molar-refractivity contribution in [1.29, 1.82) is 0 Å². The number of hydrogen-bond acceptors (Lipinski definition) is 4. The maximum Gasteiger partial charge on any atom is 0.365 e. The van der Waals surface area contributed by atoms with Crippen LogP contribution in [-0.4, -0.2) is 18.1 Å². The summed E-state index contributed by atoms with van der Waals surface area (Å²) in [5.41, 5.74) is 0.469. The van der Waals surface area contributed by atoms with E-state index >= 15 is 0 Å². The molecular weight excluding hydrogens is 237 g/mol. The number of carbonyl (C=O) groups is 1. The number of nitrogens with zero attached hydrogens (tertiary/aromatic N) is 4. The van der Waals surface area contributed by atoms with Gasteiger partial charge in [0.05, 0.1) is 6.21 Å². The molecule has 0 spiro atoms. The number of amidine groups is 1. The first kappa shape index (κ1) is 11.8. The van der Waals surface area contributed by atoms with E-state index in [2.05, 4.69) is 32.3 Å². The zero-order valence-corrected chi connectivity index (χ0v) is 9.17. The Balaban J connectivity index is 2.16. The van der Waals surface area contributed by atoms with Crippen molar-refractivity contribution in [2.75, 3.05) is 0 Å². The van der Waals surface area contributed by atoms with Crippen LogP contribution >= 0.6 is 0 Å². The van der Waals surface area contributed by atoms with Crippen LogP contribution in [0.15, 0.2) is 57.0 Å². The van der Waals surface area contributed by atoms with Gasteiger partial charge in [-0.15, -0.1) is 10.2 Å². The maximum atomic E-state index is 13.2. The predicted octanol–water partition coefficient (Wildman–Crippen LogP) is 2.25. The average Bonchev–Trinajstić information content (AvgIpc) is 2.36. The molecule has 2 rings (SSSR count). The minimum atomic E-state index is -0.651. The van der Waals surface area contributed by atoms with E-state index in [1.54, 1.807) is 18.2 Å². The van der Waals surface area contributed by atoms with Crippen LogP contribution in [0.3, 0.4) is 0 Å². The summed E-state index contributed by atoms with van der Waals surface area (Å²) in [5.74, 6) is -0.324. The van der Waals surface area contributed by atoms with Crippen molar-refractivity contribution < 1.29 is 9.18 Å². The highest BCUT2D eigenvalue weighted by Crippen LogP contribution is 2.05. The van der Waals surface area contributed by atoms with Gasteiger partial charge < -0.3 is 0 Å². The van der Waals surface area contributed by atoms with Gasteiger partial charge in [0.15, 0.2) is 5.84 Å². The SMILES string of the molecule is C=C1N=NC(=O)N/C1=N/N=C/c1ccccc1F. The fraction of sp³-hybridized carbons (Fsp3) is 0. The lowest BCUT2D eigenvalue weighted by atomic mass is 10.2. The number of hydrogen-bond donors (Lipinski definition) is 1. The highest BCUT2D eigenvalue weighted by Gasteiger charge is 2.13. The van der Waals surface area contributed by atoms with Crippen molar-refractivity contribution in [1.82, 2.24) is 5.32 Å². The molecule has 1 aliphatic rings. The molecule has 1 N–H and O–H groups in total. The monoisotopic (exact) mass is 245 g/mol. The van der Waals surface area contributed by atoms with Gasteiger partial charge in [0, 0.05) is 5.56 Å². The molecule has 0 radical (unpaired) electrons. The lowest BCUT2D eigenvalue weighted by Crippen LogP contribution is -2.31. The summed E-state index contributed by atoms with van der Waals surface area (Å²) in [6, 6.07) is 5.45. The van der Waals surface area contributed by atoms with Crippen LogP contribution in [0, 0.1) is 5.82 Å². The van der Waals surface area contributed by atoms with E-state index in [0.29, 0.717) is 0 Å². The number of benzene rings is 1.